The Bertz CT molecular complexity index is 350. The van der Waals surface area contributed by atoms with Gasteiger partial charge in [-0.3, -0.25) is 0 Å². The minimum absolute atomic E-state index is 0.465. The van der Waals surface area contributed by atoms with Crippen LogP contribution in [-0.2, 0) is 6.42 Å². The van der Waals surface area contributed by atoms with Gasteiger partial charge in [0.05, 0.1) is 10.6 Å². The molecule has 2 rings (SSSR count). The van der Waals surface area contributed by atoms with Crippen LogP contribution < -0.4 is 5.32 Å². The molecule has 0 aliphatic heterocycles. The lowest BCUT2D eigenvalue weighted by Gasteiger charge is -2.32. The van der Waals surface area contributed by atoms with E-state index in [4.69, 9.17) is 0 Å². The molecule has 1 heterocycles. The zero-order chi connectivity index (χ0) is 12.3. The molecular formula is C13H23N3S. The van der Waals surface area contributed by atoms with Gasteiger partial charge in [0.1, 0.15) is 0 Å². The zero-order valence-corrected chi connectivity index (χ0v) is 11.9. The van der Waals surface area contributed by atoms with Crippen molar-refractivity contribution in [1.82, 2.24) is 14.9 Å². The van der Waals surface area contributed by atoms with Crippen LogP contribution >= 0.6 is 11.5 Å². The Balaban J connectivity index is 2.15. The van der Waals surface area contributed by atoms with Gasteiger partial charge in [-0.15, -0.1) is 5.10 Å². The first-order valence-corrected chi connectivity index (χ1v) is 7.52. The van der Waals surface area contributed by atoms with Crippen LogP contribution in [0.5, 0.6) is 0 Å². The average molecular weight is 253 g/mol. The third-order valence-electron chi connectivity index (χ3n) is 3.96. The lowest BCUT2D eigenvalue weighted by molar-refractivity contribution is 0.231. The van der Waals surface area contributed by atoms with Crippen LogP contribution in [0.1, 0.15) is 56.1 Å². The molecule has 3 nitrogen and oxygen atoms in total. The molecule has 1 aliphatic carbocycles. The van der Waals surface area contributed by atoms with Gasteiger partial charge in [0, 0.05) is 6.04 Å². The van der Waals surface area contributed by atoms with E-state index in [1.165, 1.54) is 36.3 Å². The molecule has 96 valence electrons. The maximum absolute atomic E-state index is 4.25. The fourth-order valence-electron chi connectivity index (χ4n) is 3.06. The van der Waals surface area contributed by atoms with Crippen molar-refractivity contribution in [3.05, 3.63) is 10.6 Å². The summed E-state index contributed by atoms with van der Waals surface area (Å²) >= 11 is 1.58. The highest BCUT2D eigenvalue weighted by molar-refractivity contribution is 7.05. The number of hydrogen-bond donors (Lipinski definition) is 1. The molecule has 0 saturated heterocycles. The van der Waals surface area contributed by atoms with Gasteiger partial charge >= 0.3 is 0 Å². The Morgan fingerprint density at radius 2 is 2.29 bits per heavy atom. The van der Waals surface area contributed by atoms with Crippen LogP contribution in [-0.4, -0.2) is 16.6 Å². The Hall–Kier alpha value is -0.480. The molecule has 1 N–H and O–H groups in total. The van der Waals surface area contributed by atoms with Gasteiger partial charge in [-0.1, -0.05) is 31.2 Å². The van der Waals surface area contributed by atoms with Crippen molar-refractivity contribution in [3.8, 4) is 0 Å². The SMILES string of the molecule is CCc1nnsc1C(NC)C1CCCC(C)C1. The smallest absolute Gasteiger partial charge is 0.0801 e. The molecule has 1 aromatic heterocycles. The predicted octanol–water partition coefficient (Wildman–Crippen LogP) is 3.19. The largest absolute Gasteiger partial charge is 0.312 e. The summed E-state index contributed by atoms with van der Waals surface area (Å²) in [5.74, 6) is 1.63. The van der Waals surface area contributed by atoms with Gasteiger partial charge in [0.15, 0.2) is 0 Å². The molecule has 4 heteroatoms. The molecule has 1 aromatic rings. The second-order valence-corrected chi connectivity index (χ2v) is 6.02. The van der Waals surface area contributed by atoms with Gasteiger partial charge in [0.25, 0.3) is 0 Å². The molecule has 1 fully saturated rings. The topological polar surface area (TPSA) is 37.8 Å². The quantitative estimate of drug-likeness (QED) is 0.895. The summed E-state index contributed by atoms with van der Waals surface area (Å²) in [6.07, 6.45) is 6.45. The lowest BCUT2D eigenvalue weighted by atomic mass is 9.78. The molecular weight excluding hydrogens is 230 g/mol. The van der Waals surface area contributed by atoms with Gasteiger partial charge in [0.2, 0.25) is 0 Å². The van der Waals surface area contributed by atoms with Crippen LogP contribution in [0.2, 0.25) is 0 Å². The van der Waals surface area contributed by atoms with Crippen molar-refractivity contribution >= 4 is 11.5 Å². The summed E-state index contributed by atoms with van der Waals surface area (Å²) in [6.45, 7) is 4.54. The summed E-state index contributed by atoms with van der Waals surface area (Å²) in [5.41, 5.74) is 1.19. The minimum atomic E-state index is 0.465. The Kier molecular flexibility index (Phi) is 4.51. The Labute approximate surface area is 108 Å². The van der Waals surface area contributed by atoms with E-state index in [1.807, 2.05) is 0 Å². The average Bonchev–Trinajstić information content (AvgIpc) is 2.78. The summed E-state index contributed by atoms with van der Waals surface area (Å²) in [4.78, 5) is 1.37. The van der Waals surface area contributed by atoms with Gasteiger partial charge in [-0.05, 0) is 49.7 Å². The van der Waals surface area contributed by atoms with Crippen LogP contribution in [0, 0.1) is 11.8 Å². The van der Waals surface area contributed by atoms with Crippen LogP contribution in [0.3, 0.4) is 0 Å². The molecule has 0 aromatic carbocycles. The van der Waals surface area contributed by atoms with Crippen molar-refractivity contribution in [2.75, 3.05) is 7.05 Å². The maximum atomic E-state index is 4.25. The Morgan fingerprint density at radius 1 is 1.47 bits per heavy atom. The standard InChI is InChI=1S/C13H23N3S/c1-4-11-13(17-16-15-11)12(14-3)10-7-5-6-9(2)8-10/h9-10,12,14H,4-8H2,1-3H3. The van der Waals surface area contributed by atoms with E-state index in [9.17, 15) is 0 Å². The van der Waals surface area contributed by atoms with Gasteiger partial charge in [-0.25, -0.2) is 0 Å². The highest BCUT2D eigenvalue weighted by atomic mass is 32.1. The minimum Gasteiger partial charge on any atom is -0.312 e. The van der Waals surface area contributed by atoms with Gasteiger partial charge in [-0.2, -0.15) is 0 Å². The van der Waals surface area contributed by atoms with Crippen molar-refractivity contribution in [2.24, 2.45) is 11.8 Å². The first kappa shape index (κ1) is 13.0. The van der Waals surface area contributed by atoms with Crippen molar-refractivity contribution in [2.45, 2.75) is 52.0 Å². The van der Waals surface area contributed by atoms with E-state index in [-0.39, 0.29) is 0 Å². The van der Waals surface area contributed by atoms with E-state index in [0.29, 0.717) is 6.04 Å². The number of aromatic nitrogens is 2. The second kappa shape index (κ2) is 5.91. The molecule has 0 radical (unpaired) electrons. The van der Waals surface area contributed by atoms with E-state index < -0.39 is 0 Å². The van der Waals surface area contributed by atoms with E-state index >= 15 is 0 Å². The molecule has 0 spiro atoms. The first-order chi connectivity index (χ1) is 8.26. The lowest BCUT2D eigenvalue weighted by Crippen LogP contribution is -2.29. The molecule has 1 saturated carbocycles. The molecule has 3 atom stereocenters. The predicted molar refractivity (Wildman–Crippen MR) is 72.2 cm³/mol. The monoisotopic (exact) mass is 253 g/mol. The van der Waals surface area contributed by atoms with Crippen LogP contribution in [0.25, 0.3) is 0 Å². The molecule has 17 heavy (non-hydrogen) atoms. The molecule has 0 bridgehead atoms. The van der Waals surface area contributed by atoms with Crippen molar-refractivity contribution < 1.29 is 0 Å². The second-order valence-electron chi connectivity index (χ2n) is 5.24. The third kappa shape index (κ3) is 2.86. The van der Waals surface area contributed by atoms with Gasteiger partial charge < -0.3 is 5.32 Å². The summed E-state index contributed by atoms with van der Waals surface area (Å²) in [5, 5.41) is 7.75. The summed E-state index contributed by atoms with van der Waals surface area (Å²) in [7, 11) is 2.07. The number of aryl methyl sites for hydroxylation is 1. The zero-order valence-electron chi connectivity index (χ0n) is 11.1. The number of nitrogens with zero attached hydrogens (tertiary/aromatic N) is 2. The normalized spacial score (nSPS) is 27.0. The maximum Gasteiger partial charge on any atom is 0.0801 e. The third-order valence-corrected chi connectivity index (χ3v) is 4.81. The molecule has 1 aliphatic rings. The van der Waals surface area contributed by atoms with Crippen LogP contribution in [0.15, 0.2) is 0 Å². The fraction of sp³-hybridized carbons (Fsp3) is 0.846. The first-order valence-electron chi connectivity index (χ1n) is 6.74. The Morgan fingerprint density at radius 3 is 2.94 bits per heavy atom. The fourth-order valence-corrected chi connectivity index (χ4v) is 4.00. The van der Waals surface area contributed by atoms with Crippen molar-refractivity contribution in [1.29, 1.82) is 0 Å². The van der Waals surface area contributed by atoms with Crippen LogP contribution in [0.4, 0.5) is 0 Å². The summed E-state index contributed by atoms with van der Waals surface area (Å²) in [6, 6.07) is 0.465. The highest BCUT2D eigenvalue weighted by Gasteiger charge is 2.29. The molecule has 3 unspecified atom stereocenters. The van der Waals surface area contributed by atoms with Crippen molar-refractivity contribution in [3.63, 3.8) is 0 Å². The van der Waals surface area contributed by atoms with E-state index in [2.05, 4.69) is 35.8 Å². The highest BCUT2D eigenvalue weighted by Crippen LogP contribution is 2.38. The van der Waals surface area contributed by atoms with E-state index in [1.54, 1.807) is 11.5 Å². The number of nitrogens with one attached hydrogen (secondary N) is 1. The van der Waals surface area contributed by atoms with E-state index in [0.717, 1.165) is 18.3 Å². The number of rotatable bonds is 4. The summed E-state index contributed by atoms with van der Waals surface area (Å²) < 4.78 is 4.13. The number of hydrogen-bond acceptors (Lipinski definition) is 4. The molecule has 0 amide bonds.